The van der Waals surface area contributed by atoms with Gasteiger partial charge in [-0.25, -0.2) is 4.79 Å². The molecule has 6 heteroatoms. The van der Waals surface area contributed by atoms with Crippen LogP contribution in [0.15, 0.2) is 29.1 Å². The number of aromatic nitrogens is 3. The third kappa shape index (κ3) is 3.04. The summed E-state index contributed by atoms with van der Waals surface area (Å²) in [5.74, 6) is 1.13. The monoisotopic (exact) mass is 285 g/mol. The number of nitrogens with zero attached hydrogens (tertiary/aromatic N) is 4. The lowest BCUT2D eigenvalue weighted by molar-refractivity contribution is 0.635. The highest BCUT2D eigenvalue weighted by Gasteiger charge is 2.19. The Morgan fingerprint density at radius 1 is 0.952 bits per heavy atom. The van der Waals surface area contributed by atoms with Gasteiger partial charge >= 0.3 is 5.69 Å². The van der Waals surface area contributed by atoms with Gasteiger partial charge < -0.3 is 9.80 Å². The Kier molecular flexibility index (Phi) is 3.60. The zero-order chi connectivity index (χ0) is 14.8. The number of hydrogen-bond acceptors (Lipinski definition) is 5. The lowest BCUT2D eigenvalue weighted by Gasteiger charge is -2.36. The van der Waals surface area contributed by atoms with Crippen molar-refractivity contribution in [2.24, 2.45) is 0 Å². The minimum absolute atomic E-state index is 0.335. The molecule has 0 unspecified atom stereocenters. The van der Waals surface area contributed by atoms with Gasteiger partial charge in [0, 0.05) is 31.9 Å². The summed E-state index contributed by atoms with van der Waals surface area (Å²) in [6.07, 6.45) is 0. The van der Waals surface area contributed by atoms with Crippen molar-refractivity contribution >= 4 is 11.6 Å². The highest BCUT2D eigenvalue weighted by molar-refractivity contribution is 5.49. The van der Waals surface area contributed by atoms with Gasteiger partial charge in [-0.3, -0.25) is 4.98 Å². The summed E-state index contributed by atoms with van der Waals surface area (Å²) >= 11 is 0. The lowest BCUT2D eigenvalue weighted by Crippen LogP contribution is -2.47. The van der Waals surface area contributed by atoms with E-state index in [1.165, 1.54) is 11.3 Å². The molecule has 0 saturated carbocycles. The molecule has 1 aromatic carbocycles. The molecule has 6 nitrogen and oxygen atoms in total. The second kappa shape index (κ2) is 5.55. The number of aryl methyl sites for hydroxylation is 2. The van der Waals surface area contributed by atoms with Gasteiger partial charge in [-0.2, -0.15) is 9.97 Å². The van der Waals surface area contributed by atoms with Crippen molar-refractivity contribution in [2.75, 3.05) is 36.0 Å². The highest BCUT2D eigenvalue weighted by atomic mass is 16.1. The van der Waals surface area contributed by atoms with Crippen LogP contribution in [-0.2, 0) is 0 Å². The largest absolute Gasteiger partial charge is 0.368 e. The summed E-state index contributed by atoms with van der Waals surface area (Å²) in [6.45, 7) is 7.30. The average Bonchev–Trinajstić information content (AvgIpc) is 2.47. The predicted octanol–water partition coefficient (Wildman–Crippen LogP) is 1.11. The molecule has 0 amide bonds. The number of piperazine rings is 1. The van der Waals surface area contributed by atoms with Gasteiger partial charge in [-0.15, -0.1) is 0 Å². The maximum atomic E-state index is 11.4. The summed E-state index contributed by atoms with van der Waals surface area (Å²) in [4.78, 5) is 26.7. The first-order valence-electron chi connectivity index (χ1n) is 7.13. The molecule has 2 heterocycles. The molecular weight excluding hydrogens is 266 g/mol. The van der Waals surface area contributed by atoms with Crippen LogP contribution < -0.4 is 15.5 Å². The molecule has 0 aliphatic carbocycles. The average molecular weight is 285 g/mol. The molecule has 3 rings (SSSR count). The molecule has 0 bridgehead atoms. The Hall–Kier alpha value is -2.37. The van der Waals surface area contributed by atoms with E-state index in [1.54, 1.807) is 6.92 Å². The fourth-order valence-electron chi connectivity index (χ4n) is 2.54. The standard InChI is InChI=1S/C15H19N5O/c1-11-3-5-13(6-4-11)19-7-9-20(10-8-19)14-16-12(2)17-15(21)18-14/h3-6H,7-10H2,1-2H3,(H,16,17,18,21). The molecule has 1 N–H and O–H groups in total. The normalized spacial score (nSPS) is 15.3. The SMILES string of the molecule is Cc1ccc(N2CCN(c3nc(C)[nH]c(=O)n3)CC2)cc1. The van der Waals surface area contributed by atoms with E-state index in [0.717, 1.165) is 26.2 Å². The van der Waals surface area contributed by atoms with Crippen molar-refractivity contribution in [3.05, 3.63) is 46.1 Å². The van der Waals surface area contributed by atoms with Crippen LogP contribution in [0.2, 0.25) is 0 Å². The number of aromatic amines is 1. The lowest BCUT2D eigenvalue weighted by atomic mass is 10.2. The van der Waals surface area contributed by atoms with Crippen LogP contribution in [0.1, 0.15) is 11.4 Å². The maximum absolute atomic E-state index is 11.4. The second-order valence-electron chi connectivity index (χ2n) is 5.35. The first kappa shape index (κ1) is 13.6. The van der Waals surface area contributed by atoms with Crippen molar-refractivity contribution in [2.45, 2.75) is 13.8 Å². The van der Waals surface area contributed by atoms with E-state index in [0.29, 0.717) is 11.8 Å². The number of anilines is 2. The topological polar surface area (TPSA) is 65.1 Å². The molecule has 0 atom stereocenters. The number of benzene rings is 1. The smallest absolute Gasteiger partial charge is 0.349 e. The zero-order valence-corrected chi connectivity index (χ0v) is 12.3. The predicted molar refractivity (Wildman–Crippen MR) is 83.0 cm³/mol. The van der Waals surface area contributed by atoms with Crippen LogP contribution in [-0.4, -0.2) is 41.1 Å². The van der Waals surface area contributed by atoms with E-state index in [-0.39, 0.29) is 5.69 Å². The van der Waals surface area contributed by atoms with E-state index in [1.807, 2.05) is 0 Å². The van der Waals surface area contributed by atoms with Crippen molar-refractivity contribution < 1.29 is 0 Å². The fourth-order valence-corrected chi connectivity index (χ4v) is 2.54. The van der Waals surface area contributed by atoms with Crippen LogP contribution in [0.4, 0.5) is 11.6 Å². The number of H-pyrrole nitrogens is 1. The molecule has 1 aliphatic rings. The molecule has 110 valence electrons. The minimum Gasteiger partial charge on any atom is -0.368 e. The Morgan fingerprint density at radius 3 is 2.19 bits per heavy atom. The number of hydrogen-bond donors (Lipinski definition) is 1. The van der Waals surface area contributed by atoms with Crippen LogP contribution in [0, 0.1) is 13.8 Å². The highest BCUT2D eigenvalue weighted by Crippen LogP contribution is 2.18. The Labute approximate surface area is 123 Å². The van der Waals surface area contributed by atoms with Crippen molar-refractivity contribution in [3.8, 4) is 0 Å². The molecule has 1 aromatic heterocycles. The molecular formula is C15H19N5O. The van der Waals surface area contributed by atoms with E-state index >= 15 is 0 Å². The first-order chi connectivity index (χ1) is 10.1. The quantitative estimate of drug-likeness (QED) is 0.895. The van der Waals surface area contributed by atoms with Crippen molar-refractivity contribution in [3.63, 3.8) is 0 Å². The van der Waals surface area contributed by atoms with Crippen LogP contribution >= 0.6 is 0 Å². The van der Waals surface area contributed by atoms with Gasteiger partial charge in [-0.05, 0) is 26.0 Å². The zero-order valence-electron chi connectivity index (χ0n) is 12.3. The van der Waals surface area contributed by atoms with Crippen LogP contribution in [0.5, 0.6) is 0 Å². The summed E-state index contributed by atoms with van der Waals surface area (Å²) in [5.41, 5.74) is 2.17. The Bertz CT molecular complexity index is 671. The Morgan fingerprint density at radius 2 is 1.57 bits per heavy atom. The number of rotatable bonds is 2. The third-order valence-corrected chi connectivity index (χ3v) is 3.72. The molecule has 21 heavy (non-hydrogen) atoms. The van der Waals surface area contributed by atoms with Gasteiger partial charge in [0.2, 0.25) is 5.95 Å². The minimum atomic E-state index is -0.335. The van der Waals surface area contributed by atoms with Gasteiger partial charge in [0.15, 0.2) is 0 Å². The van der Waals surface area contributed by atoms with E-state index in [9.17, 15) is 4.79 Å². The van der Waals surface area contributed by atoms with Crippen molar-refractivity contribution in [1.82, 2.24) is 15.0 Å². The van der Waals surface area contributed by atoms with E-state index in [2.05, 4.69) is 55.9 Å². The number of nitrogens with one attached hydrogen (secondary N) is 1. The van der Waals surface area contributed by atoms with Crippen molar-refractivity contribution in [1.29, 1.82) is 0 Å². The van der Waals surface area contributed by atoms with Gasteiger partial charge in [-0.1, -0.05) is 17.7 Å². The first-order valence-corrected chi connectivity index (χ1v) is 7.13. The van der Waals surface area contributed by atoms with Gasteiger partial charge in [0.1, 0.15) is 5.82 Å². The molecule has 0 spiro atoms. The summed E-state index contributed by atoms with van der Waals surface area (Å²) in [6, 6.07) is 8.56. The van der Waals surface area contributed by atoms with E-state index < -0.39 is 0 Å². The summed E-state index contributed by atoms with van der Waals surface area (Å²) in [7, 11) is 0. The maximum Gasteiger partial charge on any atom is 0.349 e. The van der Waals surface area contributed by atoms with Gasteiger partial charge in [0.25, 0.3) is 0 Å². The van der Waals surface area contributed by atoms with Crippen LogP contribution in [0.3, 0.4) is 0 Å². The third-order valence-electron chi connectivity index (χ3n) is 3.72. The molecule has 2 aromatic rings. The molecule has 0 radical (unpaired) electrons. The molecule has 1 aliphatic heterocycles. The Balaban J connectivity index is 1.70. The second-order valence-corrected chi connectivity index (χ2v) is 5.35. The summed E-state index contributed by atoms with van der Waals surface area (Å²) < 4.78 is 0. The summed E-state index contributed by atoms with van der Waals surface area (Å²) in [5, 5.41) is 0. The van der Waals surface area contributed by atoms with Gasteiger partial charge in [0.05, 0.1) is 0 Å². The fraction of sp³-hybridized carbons (Fsp3) is 0.400. The molecule has 1 fully saturated rings. The van der Waals surface area contributed by atoms with E-state index in [4.69, 9.17) is 0 Å². The molecule has 1 saturated heterocycles. The van der Waals surface area contributed by atoms with Crippen LogP contribution in [0.25, 0.3) is 0 Å².